The maximum absolute atomic E-state index is 13.0. The zero-order valence-corrected chi connectivity index (χ0v) is 7.64. The molecule has 0 saturated carbocycles. The first kappa shape index (κ1) is 10.4. The van der Waals surface area contributed by atoms with E-state index >= 15 is 0 Å². The fourth-order valence-electron chi connectivity index (χ4n) is 1.03. The van der Waals surface area contributed by atoms with Crippen LogP contribution < -0.4 is 4.74 Å². The molecule has 0 atom stereocenters. The zero-order chi connectivity index (χ0) is 10.7. The summed E-state index contributed by atoms with van der Waals surface area (Å²) in [5.74, 6) is -2.96. The number of carbonyl (C=O) groups excluding carboxylic acids is 1. The Balaban J connectivity index is 3.32. The molecule has 0 radical (unpaired) electrons. The fourth-order valence-corrected chi connectivity index (χ4v) is 1.03. The minimum atomic E-state index is -0.937. The summed E-state index contributed by atoms with van der Waals surface area (Å²) in [6.45, 7) is 0. The third kappa shape index (κ3) is 1.81. The lowest BCUT2D eigenvalue weighted by Gasteiger charge is -2.07. The van der Waals surface area contributed by atoms with E-state index in [1.807, 2.05) is 0 Å². The van der Waals surface area contributed by atoms with Crippen molar-refractivity contribution in [3.05, 3.63) is 29.3 Å². The average molecular weight is 202 g/mol. The van der Waals surface area contributed by atoms with E-state index in [0.29, 0.717) is 6.07 Å². The Morgan fingerprint density at radius 2 is 1.93 bits per heavy atom. The van der Waals surface area contributed by atoms with Crippen LogP contribution in [0, 0.1) is 11.6 Å². The summed E-state index contributed by atoms with van der Waals surface area (Å²) in [5.41, 5.74) is -0.271. The summed E-state index contributed by atoms with van der Waals surface area (Å²) in [5, 5.41) is 0. The summed E-state index contributed by atoms with van der Waals surface area (Å²) < 4.78 is 34.7. The Labute approximate surface area is 79.2 Å². The van der Waals surface area contributed by atoms with Crippen LogP contribution in [0.2, 0.25) is 0 Å². The predicted octanol–water partition coefficient (Wildman–Crippen LogP) is 1.76. The number of rotatable bonds is 2. The first-order chi connectivity index (χ1) is 6.60. The van der Waals surface area contributed by atoms with E-state index in [2.05, 4.69) is 9.47 Å². The lowest BCUT2D eigenvalue weighted by molar-refractivity contribution is 0.0595. The molecule has 0 aromatic heterocycles. The van der Waals surface area contributed by atoms with Gasteiger partial charge in [0.05, 0.1) is 14.2 Å². The van der Waals surface area contributed by atoms with Gasteiger partial charge in [0.15, 0.2) is 11.6 Å². The van der Waals surface area contributed by atoms with Crippen molar-refractivity contribution in [1.29, 1.82) is 0 Å². The first-order valence-corrected chi connectivity index (χ1v) is 3.71. The standard InChI is InChI=1S/C9H8F2O3/c1-13-8-6(9(12)14-2)3-5(10)4-7(8)11/h3-4H,1-2H3. The van der Waals surface area contributed by atoms with E-state index < -0.39 is 17.6 Å². The molecule has 76 valence electrons. The van der Waals surface area contributed by atoms with Gasteiger partial charge in [0.25, 0.3) is 0 Å². The molecule has 0 unspecified atom stereocenters. The van der Waals surface area contributed by atoms with E-state index in [9.17, 15) is 13.6 Å². The van der Waals surface area contributed by atoms with Crippen molar-refractivity contribution >= 4 is 5.97 Å². The SMILES string of the molecule is COC(=O)c1cc(F)cc(F)c1OC. The third-order valence-electron chi connectivity index (χ3n) is 1.62. The number of hydrogen-bond acceptors (Lipinski definition) is 3. The number of ether oxygens (including phenoxy) is 2. The van der Waals surface area contributed by atoms with Crippen molar-refractivity contribution in [2.24, 2.45) is 0 Å². The van der Waals surface area contributed by atoms with Gasteiger partial charge >= 0.3 is 5.97 Å². The average Bonchev–Trinajstić information content (AvgIpc) is 2.15. The largest absolute Gasteiger partial charge is 0.493 e. The van der Waals surface area contributed by atoms with Gasteiger partial charge in [-0.1, -0.05) is 0 Å². The quantitative estimate of drug-likeness (QED) is 0.685. The minimum Gasteiger partial charge on any atom is -0.493 e. The lowest BCUT2D eigenvalue weighted by atomic mass is 10.2. The number of halogens is 2. The first-order valence-electron chi connectivity index (χ1n) is 3.71. The molecule has 0 amide bonds. The Hall–Kier alpha value is -1.65. The molecule has 0 spiro atoms. The molecule has 1 aromatic rings. The predicted molar refractivity (Wildman–Crippen MR) is 44.2 cm³/mol. The topological polar surface area (TPSA) is 35.5 Å². The van der Waals surface area contributed by atoms with Gasteiger partial charge in [-0.15, -0.1) is 0 Å². The van der Waals surface area contributed by atoms with Crippen molar-refractivity contribution in [2.45, 2.75) is 0 Å². The second-order valence-electron chi connectivity index (χ2n) is 2.46. The molecule has 0 bridgehead atoms. The highest BCUT2D eigenvalue weighted by Gasteiger charge is 2.18. The second-order valence-corrected chi connectivity index (χ2v) is 2.46. The van der Waals surface area contributed by atoms with Gasteiger partial charge in [-0.25, -0.2) is 13.6 Å². The Bertz CT molecular complexity index is 363. The third-order valence-corrected chi connectivity index (χ3v) is 1.62. The highest BCUT2D eigenvalue weighted by molar-refractivity contribution is 5.92. The van der Waals surface area contributed by atoms with Crippen LogP contribution in [-0.2, 0) is 4.74 Å². The van der Waals surface area contributed by atoms with Gasteiger partial charge in [0.1, 0.15) is 11.4 Å². The summed E-state index contributed by atoms with van der Waals surface area (Å²) in [6.07, 6.45) is 0. The van der Waals surface area contributed by atoms with Crippen LogP contribution in [-0.4, -0.2) is 20.2 Å². The molecule has 0 aliphatic carbocycles. The van der Waals surface area contributed by atoms with Gasteiger partial charge in [-0.05, 0) is 6.07 Å². The van der Waals surface area contributed by atoms with Crippen molar-refractivity contribution in [3.8, 4) is 5.75 Å². The molecular formula is C9H8F2O3. The van der Waals surface area contributed by atoms with Gasteiger partial charge in [0.2, 0.25) is 0 Å². The van der Waals surface area contributed by atoms with Crippen molar-refractivity contribution in [3.63, 3.8) is 0 Å². The van der Waals surface area contributed by atoms with Crippen LogP contribution in [0.25, 0.3) is 0 Å². The molecule has 5 heteroatoms. The molecule has 0 N–H and O–H groups in total. The Morgan fingerprint density at radius 1 is 1.29 bits per heavy atom. The monoisotopic (exact) mass is 202 g/mol. The number of esters is 1. The van der Waals surface area contributed by atoms with Crippen LogP contribution in [0.4, 0.5) is 8.78 Å². The van der Waals surface area contributed by atoms with Crippen LogP contribution >= 0.6 is 0 Å². The van der Waals surface area contributed by atoms with Gasteiger partial charge in [0, 0.05) is 6.07 Å². The molecule has 1 rings (SSSR count). The molecule has 0 aliphatic rings. The van der Waals surface area contributed by atoms with E-state index in [1.165, 1.54) is 7.11 Å². The summed E-state index contributed by atoms with van der Waals surface area (Å²) in [6, 6.07) is 1.49. The van der Waals surface area contributed by atoms with Crippen molar-refractivity contribution < 1.29 is 23.0 Å². The van der Waals surface area contributed by atoms with Gasteiger partial charge in [-0.3, -0.25) is 0 Å². The number of benzene rings is 1. The zero-order valence-electron chi connectivity index (χ0n) is 7.64. The number of carbonyl (C=O) groups is 1. The smallest absolute Gasteiger partial charge is 0.341 e. The molecule has 0 saturated heterocycles. The van der Waals surface area contributed by atoms with Crippen LogP contribution in [0.1, 0.15) is 10.4 Å². The highest BCUT2D eigenvalue weighted by Crippen LogP contribution is 2.24. The molecule has 0 heterocycles. The van der Waals surface area contributed by atoms with E-state index in [0.717, 1.165) is 13.2 Å². The van der Waals surface area contributed by atoms with Crippen molar-refractivity contribution in [2.75, 3.05) is 14.2 Å². The normalized spacial score (nSPS) is 9.71. The number of methoxy groups -OCH3 is 2. The Kier molecular flexibility index (Phi) is 3.01. The fraction of sp³-hybridized carbons (Fsp3) is 0.222. The van der Waals surface area contributed by atoms with E-state index in [4.69, 9.17) is 0 Å². The number of hydrogen-bond donors (Lipinski definition) is 0. The van der Waals surface area contributed by atoms with Gasteiger partial charge in [-0.2, -0.15) is 0 Å². The maximum atomic E-state index is 13.0. The minimum absolute atomic E-state index is 0.271. The van der Waals surface area contributed by atoms with Crippen molar-refractivity contribution in [1.82, 2.24) is 0 Å². The molecule has 1 aromatic carbocycles. The maximum Gasteiger partial charge on any atom is 0.341 e. The molecule has 0 aliphatic heterocycles. The summed E-state index contributed by atoms with van der Waals surface area (Å²) in [7, 11) is 2.30. The lowest BCUT2D eigenvalue weighted by Crippen LogP contribution is -2.06. The molecular weight excluding hydrogens is 194 g/mol. The highest BCUT2D eigenvalue weighted by atomic mass is 19.1. The van der Waals surface area contributed by atoms with E-state index in [-0.39, 0.29) is 11.3 Å². The molecule has 3 nitrogen and oxygen atoms in total. The molecule has 14 heavy (non-hydrogen) atoms. The Morgan fingerprint density at radius 3 is 2.43 bits per heavy atom. The van der Waals surface area contributed by atoms with Crippen LogP contribution in [0.5, 0.6) is 5.75 Å². The van der Waals surface area contributed by atoms with Crippen LogP contribution in [0.3, 0.4) is 0 Å². The second kappa shape index (κ2) is 4.04. The van der Waals surface area contributed by atoms with E-state index in [1.54, 1.807) is 0 Å². The molecule has 0 fully saturated rings. The summed E-state index contributed by atoms with van der Waals surface area (Å²) in [4.78, 5) is 11.1. The summed E-state index contributed by atoms with van der Waals surface area (Å²) >= 11 is 0. The van der Waals surface area contributed by atoms with Crippen LogP contribution in [0.15, 0.2) is 12.1 Å². The van der Waals surface area contributed by atoms with Gasteiger partial charge < -0.3 is 9.47 Å².